The van der Waals surface area contributed by atoms with Gasteiger partial charge in [-0.2, -0.15) is 0 Å². The summed E-state index contributed by atoms with van der Waals surface area (Å²) in [5.74, 6) is -1.01. The van der Waals surface area contributed by atoms with E-state index in [1.54, 1.807) is 0 Å². The van der Waals surface area contributed by atoms with Crippen molar-refractivity contribution in [3.05, 3.63) is 74.3 Å². The highest BCUT2D eigenvalue weighted by Gasteiger charge is 2.29. The highest BCUT2D eigenvalue weighted by atomic mass is 35.5. The molecule has 0 radical (unpaired) electrons. The first-order chi connectivity index (χ1) is 14.3. The van der Waals surface area contributed by atoms with Crippen LogP contribution in [0.3, 0.4) is 0 Å². The minimum Gasteiger partial charge on any atom is -0.347 e. The summed E-state index contributed by atoms with van der Waals surface area (Å²) in [5.41, 5.74) is 2.06. The van der Waals surface area contributed by atoms with Crippen LogP contribution in [0.15, 0.2) is 42.5 Å². The smallest absolute Gasteiger partial charge is 0.288 e. The Morgan fingerprint density at radius 3 is 2.63 bits per heavy atom. The first-order valence-electron chi connectivity index (χ1n) is 9.91. The van der Waals surface area contributed by atoms with Gasteiger partial charge in [0.05, 0.1) is 11.0 Å². The number of nitrogens with one attached hydrogen (secondary N) is 2. The van der Waals surface area contributed by atoms with E-state index in [1.807, 2.05) is 32.0 Å². The van der Waals surface area contributed by atoms with Gasteiger partial charge in [-0.25, -0.2) is 0 Å². The van der Waals surface area contributed by atoms with Crippen LogP contribution in [0.25, 0.3) is 0 Å². The van der Waals surface area contributed by atoms with Gasteiger partial charge in [-0.15, -0.1) is 0 Å². The Labute approximate surface area is 180 Å². The summed E-state index contributed by atoms with van der Waals surface area (Å²) in [7, 11) is 0. The van der Waals surface area contributed by atoms with Crippen molar-refractivity contribution in [2.45, 2.75) is 45.2 Å². The number of rotatable bonds is 6. The predicted octanol–water partition coefficient (Wildman–Crippen LogP) is 4.20. The number of halogens is 1. The Bertz CT molecular complexity index is 977. The Kier molecular flexibility index (Phi) is 6.72. The summed E-state index contributed by atoms with van der Waals surface area (Å²) < 4.78 is 0. The molecule has 30 heavy (non-hydrogen) atoms. The van der Waals surface area contributed by atoms with Crippen molar-refractivity contribution in [1.82, 2.24) is 10.6 Å². The zero-order valence-electron chi connectivity index (χ0n) is 16.9. The van der Waals surface area contributed by atoms with Gasteiger partial charge in [-0.3, -0.25) is 19.7 Å². The number of hydrogen-bond donors (Lipinski definition) is 2. The van der Waals surface area contributed by atoms with Gasteiger partial charge >= 0.3 is 0 Å². The molecule has 0 saturated heterocycles. The lowest BCUT2D eigenvalue weighted by molar-refractivity contribution is -0.384. The van der Waals surface area contributed by atoms with E-state index in [0.717, 1.165) is 30.9 Å². The van der Waals surface area contributed by atoms with Crippen LogP contribution in [0.2, 0.25) is 5.02 Å². The van der Waals surface area contributed by atoms with E-state index in [1.165, 1.54) is 17.7 Å². The van der Waals surface area contributed by atoms with E-state index in [9.17, 15) is 19.7 Å². The summed E-state index contributed by atoms with van der Waals surface area (Å²) in [6, 6.07) is 11.0. The van der Waals surface area contributed by atoms with Crippen molar-refractivity contribution in [2.75, 3.05) is 0 Å². The van der Waals surface area contributed by atoms with Crippen molar-refractivity contribution in [1.29, 1.82) is 0 Å². The van der Waals surface area contributed by atoms with Crippen LogP contribution in [-0.2, 0) is 11.2 Å². The van der Waals surface area contributed by atoms with Crippen LogP contribution in [0.5, 0.6) is 0 Å². The number of nitrogens with zero attached hydrogens (tertiary/aromatic N) is 1. The third-order valence-corrected chi connectivity index (χ3v) is 5.65. The molecular weight excluding hydrogens is 406 g/mol. The topological polar surface area (TPSA) is 101 Å². The Balaban J connectivity index is 1.75. The van der Waals surface area contributed by atoms with E-state index < -0.39 is 16.9 Å². The van der Waals surface area contributed by atoms with E-state index in [0.29, 0.717) is 0 Å². The lowest BCUT2D eigenvalue weighted by Crippen LogP contribution is -2.50. The molecule has 0 spiro atoms. The first-order valence-corrected chi connectivity index (χ1v) is 10.3. The van der Waals surface area contributed by atoms with Crippen LogP contribution < -0.4 is 10.6 Å². The van der Waals surface area contributed by atoms with E-state index in [2.05, 4.69) is 16.7 Å². The number of aryl methyl sites for hydroxylation is 1. The van der Waals surface area contributed by atoms with Gasteiger partial charge in [-0.05, 0) is 48.4 Å². The Morgan fingerprint density at radius 1 is 1.20 bits per heavy atom. The molecule has 0 saturated carbocycles. The number of fused-ring (bicyclic) bond motifs is 1. The van der Waals surface area contributed by atoms with Crippen LogP contribution in [0.4, 0.5) is 5.69 Å². The van der Waals surface area contributed by atoms with E-state index in [-0.39, 0.29) is 34.1 Å². The van der Waals surface area contributed by atoms with Crippen molar-refractivity contribution >= 4 is 29.1 Å². The van der Waals surface area contributed by atoms with Gasteiger partial charge in [0.15, 0.2) is 0 Å². The Morgan fingerprint density at radius 2 is 1.93 bits per heavy atom. The molecule has 0 heterocycles. The zero-order chi connectivity index (χ0) is 21.8. The molecule has 2 N–H and O–H groups in total. The lowest BCUT2D eigenvalue weighted by Gasteiger charge is -2.29. The second-order valence-electron chi connectivity index (χ2n) is 7.77. The molecule has 1 aliphatic carbocycles. The molecule has 2 aromatic rings. The molecule has 0 fully saturated rings. The highest BCUT2D eigenvalue weighted by Crippen LogP contribution is 2.30. The SMILES string of the molecule is CC(C)[C@H](NC(=O)c1ccc(Cl)c([N+](=O)[O-])c1)C(=O)NC1CCCc2ccccc21. The van der Waals surface area contributed by atoms with Gasteiger partial charge in [0.1, 0.15) is 11.1 Å². The van der Waals surface area contributed by atoms with Crippen molar-refractivity contribution in [3.8, 4) is 0 Å². The molecule has 7 nitrogen and oxygen atoms in total. The monoisotopic (exact) mass is 429 g/mol. The molecule has 1 unspecified atom stereocenters. The third kappa shape index (κ3) is 4.79. The molecule has 0 bridgehead atoms. The Hall–Kier alpha value is -2.93. The van der Waals surface area contributed by atoms with Crippen LogP contribution in [-0.4, -0.2) is 22.8 Å². The van der Waals surface area contributed by atoms with Crippen LogP contribution in [0, 0.1) is 16.0 Å². The summed E-state index contributed by atoms with van der Waals surface area (Å²) in [6.45, 7) is 3.67. The molecular formula is C22H24ClN3O4. The number of carbonyl (C=O) groups is 2. The summed E-state index contributed by atoms with van der Waals surface area (Å²) >= 11 is 5.81. The molecule has 158 valence electrons. The fraction of sp³-hybridized carbons (Fsp3) is 0.364. The maximum absolute atomic E-state index is 13.0. The average molecular weight is 430 g/mol. The van der Waals surface area contributed by atoms with Crippen LogP contribution >= 0.6 is 11.6 Å². The zero-order valence-corrected chi connectivity index (χ0v) is 17.6. The van der Waals surface area contributed by atoms with Gasteiger partial charge in [0.2, 0.25) is 5.91 Å². The fourth-order valence-electron chi connectivity index (χ4n) is 3.72. The second-order valence-corrected chi connectivity index (χ2v) is 8.18. The summed E-state index contributed by atoms with van der Waals surface area (Å²) in [6.07, 6.45) is 2.81. The first kappa shape index (κ1) is 21.8. The van der Waals surface area contributed by atoms with Gasteiger partial charge in [-0.1, -0.05) is 49.7 Å². The van der Waals surface area contributed by atoms with Crippen molar-refractivity contribution in [3.63, 3.8) is 0 Å². The number of benzene rings is 2. The molecule has 0 aliphatic heterocycles. The largest absolute Gasteiger partial charge is 0.347 e. The molecule has 8 heteroatoms. The summed E-state index contributed by atoms with van der Waals surface area (Å²) in [4.78, 5) is 36.1. The van der Waals surface area contributed by atoms with E-state index >= 15 is 0 Å². The number of carbonyl (C=O) groups excluding carboxylic acids is 2. The van der Waals surface area contributed by atoms with E-state index in [4.69, 9.17) is 11.6 Å². The average Bonchev–Trinajstić information content (AvgIpc) is 2.71. The van der Waals surface area contributed by atoms with Gasteiger partial charge in [0.25, 0.3) is 11.6 Å². The number of nitro groups is 1. The minimum atomic E-state index is -0.777. The molecule has 2 amide bonds. The predicted molar refractivity (Wildman–Crippen MR) is 114 cm³/mol. The summed E-state index contributed by atoms with van der Waals surface area (Å²) in [5, 5.41) is 16.8. The quantitative estimate of drug-likeness (QED) is 0.530. The maximum Gasteiger partial charge on any atom is 0.288 e. The van der Waals surface area contributed by atoms with Crippen LogP contribution in [0.1, 0.15) is 54.2 Å². The molecule has 2 atom stereocenters. The minimum absolute atomic E-state index is 0.0503. The normalized spacial score (nSPS) is 16.5. The lowest BCUT2D eigenvalue weighted by atomic mass is 9.87. The van der Waals surface area contributed by atoms with Crippen molar-refractivity contribution in [2.24, 2.45) is 5.92 Å². The van der Waals surface area contributed by atoms with Gasteiger partial charge in [0, 0.05) is 11.6 Å². The molecule has 1 aliphatic rings. The third-order valence-electron chi connectivity index (χ3n) is 5.33. The number of nitro benzene ring substituents is 1. The second kappa shape index (κ2) is 9.26. The molecule has 2 aromatic carbocycles. The number of amides is 2. The highest BCUT2D eigenvalue weighted by molar-refractivity contribution is 6.32. The fourth-order valence-corrected chi connectivity index (χ4v) is 3.91. The van der Waals surface area contributed by atoms with Gasteiger partial charge < -0.3 is 10.6 Å². The van der Waals surface area contributed by atoms with Crippen molar-refractivity contribution < 1.29 is 14.5 Å². The number of hydrogen-bond acceptors (Lipinski definition) is 4. The molecule has 3 rings (SSSR count). The maximum atomic E-state index is 13.0. The standard InChI is InChI=1S/C22H24ClN3O4/c1-13(2)20(25-21(27)15-10-11-17(23)19(12-15)26(29)30)22(28)24-18-9-5-7-14-6-3-4-8-16(14)18/h3-4,6,8,10-13,18,20H,5,7,9H2,1-2H3,(H,24,28)(H,25,27)/t18?,20-/m0/s1. The molecule has 0 aromatic heterocycles.